The highest BCUT2D eigenvalue weighted by Crippen LogP contribution is 2.46. The zero-order chi connectivity index (χ0) is 22.9. The van der Waals surface area contributed by atoms with Crippen LogP contribution in [0.2, 0.25) is 5.02 Å². The molecule has 1 aliphatic rings. The number of fused-ring (bicyclic) bond motifs is 1. The summed E-state index contributed by atoms with van der Waals surface area (Å²) in [6.07, 6.45) is 0. The number of halogens is 1. The van der Waals surface area contributed by atoms with Gasteiger partial charge in [0.2, 0.25) is 0 Å². The number of rotatable bonds is 5. The van der Waals surface area contributed by atoms with Crippen LogP contribution in [0.15, 0.2) is 78.9 Å². The van der Waals surface area contributed by atoms with E-state index in [-0.39, 0.29) is 5.91 Å². The molecule has 1 atom stereocenters. The number of carbonyl (C=O) groups is 2. The number of nitrogens with zero attached hydrogens (tertiary/aromatic N) is 2. The molecule has 1 aromatic heterocycles. The number of H-pyrrole nitrogens is 1. The summed E-state index contributed by atoms with van der Waals surface area (Å²) < 4.78 is 5.07. The maximum Gasteiger partial charge on any atom is 0.338 e. The summed E-state index contributed by atoms with van der Waals surface area (Å²) in [6, 6.07) is 23.5. The lowest BCUT2D eigenvalue weighted by atomic mass is 9.95. The molecule has 164 valence electrons. The van der Waals surface area contributed by atoms with Crippen molar-refractivity contribution in [1.82, 2.24) is 10.2 Å². The number of hydrogen-bond acceptors (Lipinski definition) is 4. The molecule has 7 heteroatoms. The van der Waals surface area contributed by atoms with E-state index >= 15 is 0 Å². The summed E-state index contributed by atoms with van der Waals surface area (Å²) >= 11 is 6.61. The van der Waals surface area contributed by atoms with Crippen LogP contribution in [0.25, 0.3) is 11.3 Å². The highest BCUT2D eigenvalue weighted by molar-refractivity contribution is 6.31. The van der Waals surface area contributed by atoms with E-state index in [0.717, 1.165) is 16.7 Å². The summed E-state index contributed by atoms with van der Waals surface area (Å²) in [6.45, 7) is 2.05. The first-order valence-corrected chi connectivity index (χ1v) is 11.0. The van der Waals surface area contributed by atoms with Gasteiger partial charge in [0.1, 0.15) is 5.69 Å². The minimum atomic E-state index is -0.483. The van der Waals surface area contributed by atoms with Crippen molar-refractivity contribution in [2.75, 3.05) is 11.5 Å². The monoisotopic (exact) mass is 457 g/mol. The smallest absolute Gasteiger partial charge is 0.338 e. The second-order valence-electron chi connectivity index (χ2n) is 7.59. The lowest BCUT2D eigenvalue weighted by Crippen LogP contribution is -2.29. The second kappa shape index (κ2) is 8.56. The largest absolute Gasteiger partial charge is 0.462 e. The molecule has 1 N–H and O–H groups in total. The molecule has 0 bridgehead atoms. The van der Waals surface area contributed by atoms with E-state index in [1.54, 1.807) is 36.1 Å². The minimum absolute atomic E-state index is 0.214. The van der Waals surface area contributed by atoms with Crippen LogP contribution in [0, 0.1) is 0 Å². The van der Waals surface area contributed by atoms with E-state index in [2.05, 4.69) is 10.2 Å². The lowest BCUT2D eigenvalue weighted by Gasteiger charge is -2.27. The third-order valence-electron chi connectivity index (χ3n) is 5.67. The van der Waals surface area contributed by atoms with Gasteiger partial charge in [0.15, 0.2) is 0 Å². The summed E-state index contributed by atoms with van der Waals surface area (Å²) in [7, 11) is 0. The van der Waals surface area contributed by atoms with Gasteiger partial charge in [-0.05, 0) is 42.8 Å². The normalized spacial score (nSPS) is 14.9. The van der Waals surface area contributed by atoms with Crippen LogP contribution >= 0.6 is 11.6 Å². The number of esters is 1. The molecule has 3 aromatic carbocycles. The van der Waals surface area contributed by atoms with Crippen LogP contribution in [-0.2, 0) is 4.74 Å². The van der Waals surface area contributed by atoms with Crippen LogP contribution in [-0.4, -0.2) is 28.7 Å². The van der Waals surface area contributed by atoms with E-state index in [0.29, 0.717) is 34.3 Å². The number of ether oxygens (including phenoxy) is 1. The van der Waals surface area contributed by atoms with Crippen molar-refractivity contribution in [3.05, 3.63) is 106 Å². The predicted molar refractivity (Wildman–Crippen MR) is 127 cm³/mol. The van der Waals surface area contributed by atoms with Crippen LogP contribution in [0.3, 0.4) is 0 Å². The molecule has 1 aliphatic heterocycles. The molecule has 2 heterocycles. The minimum Gasteiger partial charge on any atom is -0.462 e. The molecule has 5 rings (SSSR count). The Balaban J connectivity index is 1.65. The van der Waals surface area contributed by atoms with Crippen molar-refractivity contribution in [2.24, 2.45) is 0 Å². The fraction of sp³-hybridized carbons (Fsp3) is 0.115. The van der Waals surface area contributed by atoms with E-state index in [1.165, 1.54) is 0 Å². The van der Waals surface area contributed by atoms with Gasteiger partial charge in [0.05, 0.1) is 23.9 Å². The zero-order valence-corrected chi connectivity index (χ0v) is 18.5. The molecule has 33 heavy (non-hydrogen) atoms. The average Bonchev–Trinajstić information content (AvgIpc) is 3.39. The Morgan fingerprint density at radius 3 is 2.42 bits per heavy atom. The van der Waals surface area contributed by atoms with Crippen molar-refractivity contribution in [3.63, 3.8) is 0 Å². The Labute approximate surface area is 195 Å². The first kappa shape index (κ1) is 21.0. The van der Waals surface area contributed by atoms with E-state index < -0.39 is 12.0 Å². The predicted octanol–water partition coefficient (Wildman–Crippen LogP) is 5.66. The van der Waals surface area contributed by atoms with Gasteiger partial charge in [-0.2, -0.15) is 5.10 Å². The van der Waals surface area contributed by atoms with Crippen molar-refractivity contribution in [2.45, 2.75) is 13.0 Å². The topological polar surface area (TPSA) is 75.3 Å². The number of hydrogen-bond donors (Lipinski definition) is 1. The molecule has 0 unspecified atom stereocenters. The number of anilines is 1. The van der Waals surface area contributed by atoms with Crippen LogP contribution in [0.5, 0.6) is 0 Å². The molecule has 0 radical (unpaired) electrons. The number of aromatic amines is 1. The molecule has 6 nitrogen and oxygen atoms in total. The van der Waals surface area contributed by atoms with Crippen molar-refractivity contribution in [3.8, 4) is 11.3 Å². The van der Waals surface area contributed by atoms with Gasteiger partial charge in [-0.1, -0.05) is 60.1 Å². The van der Waals surface area contributed by atoms with Crippen molar-refractivity contribution in [1.29, 1.82) is 0 Å². The van der Waals surface area contributed by atoms with Crippen LogP contribution in [0.4, 0.5) is 5.69 Å². The zero-order valence-electron chi connectivity index (χ0n) is 17.8. The summed E-state index contributed by atoms with van der Waals surface area (Å²) in [5, 5.41) is 7.97. The quantitative estimate of drug-likeness (QED) is 0.392. The Hall–Kier alpha value is -3.90. The third-order valence-corrected chi connectivity index (χ3v) is 6.02. The highest BCUT2D eigenvalue weighted by atomic mass is 35.5. The van der Waals surface area contributed by atoms with Gasteiger partial charge < -0.3 is 4.74 Å². The molecule has 4 aromatic rings. The number of aromatic nitrogens is 2. The molecule has 0 spiro atoms. The molecule has 0 saturated heterocycles. The first-order valence-electron chi connectivity index (χ1n) is 10.6. The fourth-order valence-corrected chi connectivity index (χ4v) is 4.43. The van der Waals surface area contributed by atoms with Gasteiger partial charge in [-0.25, -0.2) is 4.79 Å². The number of benzene rings is 3. The van der Waals surface area contributed by atoms with Crippen molar-refractivity contribution >= 4 is 29.2 Å². The first-order chi connectivity index (χ1) is 16.1. The molecular weight excluding hydrogens is 438 g/mol. The lowest BCUT2D eigenvalue weighted by molar-refractivity contribution is 0.0526. The van der Waals surface area contributed by atoms with E-state index in [4.69, 9.17) is 16.3 Å². The van der Waals surface area contributed by atoms with Gasteiger partial charge in [-0.3, -0.25) is 14.8 Å². The molecule has 1 amide bonds. The SMILES string of the molecule is CCOC(=O)c1ccc(N2C(=O)c3[nH]nc(-c4ccccc4)c3[C@@H]2c2ccccc2Cl)cc1. The molecule has 0 fully saturated rings. The van der Waals surface area contributed by atoms with E-state index in [9.17, 15) is 9.59 Å². The van der Waals surface area contributed by atoms with Gasteiger partial charge in [-0.15, -0.1) is 0 Å². The fourth-order valence-electron chi connectivity index (χ4n) is 4.19. The Bertz CT molecular complexity index is 1330. The van der Waals surface area contributed by atoms with Gasteiger partial charge >= 0.3 is 5.97 Å². The molecule has 0 aliphatic carbocycles. The summed E-state index contributed by atoms with van der Waals surface area (Å²) in [5.41, 5.74) is 4.66. The summed E-state index contributed by atoms with van der Waals surface area (Å²) in [4.78, 5) is 27.3. The van der Waals surface area contributed by atoms with Crippen molar-refractivity contribution < 1.29 is 14.3 Å². The third kappa shape index (κ3) is 3.58. The van der Waals surface area contributed by atoms with Gasteiger partial charge in [0, 0.05) is 21.8 Å². The maximum absolute atomic E-state index is 13.6. The van der Waals surface area contributed by atoms with Crippen LogP contribution < -0.4 is 4.90 Å². The maximum atomic E-state index is 13.6. The van der Waals surface area contributed by atoms with E-state index in [1.807, 2.05) is 54.6 Å². The Morgan fingerprint density at radius 1 is 1.03 bits per heavy atom. The Kier molecular flexibility index (Phi) is 5.44. The summed E-state index contributed by atoms with van der Waals surface area (Å²) in [5.74, 6) is -0.617. The Morgan fingerprint density at radius 2 is 1.73 bits per heavy atom. The molecule has 0 saturated carbocycles. The van der Waals surface area contributed by atoms with Crippen LogP contribution in [0.1, 0.15) is 44.9 Å². The van der Waals surface area contributed by atoms with Gasteiger partial charge in [0.25, 0.3) is 5.91 Å². The standard InChI is InChI=1S/C26H20ClN3O3/c1-2-33-26(32)17-12-14-18(15-13-17)30-24(19-10-6-7-11-20(19)27)21-22(16-8-4-3-5-9-16)28-29-23(21)25(30)31/h3-15,24H,2H2,1H3,(H,28,29)/t24-/m0/s1. The number of amides is 1. The molecular formula is C26H20ClN3O3. The number of nitrogens with one attached hydrogen (secondary N) is 1. The average molecular weight is 458 g/mol. The second-order valence-corrected chi connectivity index (χ2v) is 8.00. The highest BCUT2D eigenvalue weighted by Gasteiger charge is 2.43. The number of carbonyl (C=O) groups excluding carboxylic acids is 2.